The summed E-state index contributed by atoms with van der Waals surface area (Å²) in [5.74, 6) is -3.41. The molecule has 8 rings (SSSR count). The van der Waals surface area contributed by atoms with E-state index in [2.05, 4.69) is 15.2 Å². The minimum atomic E-state index is -2.23. The molecule has 0 radical (unpaired) electrons. The number of amides is 1. The average molecular weight is 868 g/mol. The third-order valence-electron chi connectivity index (χ3n) is 11.7. The van der Waals surface area contributed by atoms with E-state index in [0.29, 0.717) is 28.6 Å². The van der Waals surface area contributed by atoms with Gasteiger partial charge in [0, 0.05) is 82.7 Å². The molecule has 17 nitrogen and oxygen atoms in total. The predicted octanol–water partition coefficient (Wildman–Crippen LogP) is 3.92. The van der Waals surface area contributed by atoms with Crippen LogP contribution in [0.15, 0.2) is 41.6 Å². The fraction of sp³-hybridized carbons (Fsp3) is 0.512. The summed E-state index contributed by atoms with van der Waals surface area (Å²) in [7, 11) is 7.06. The molecule has 0 spiro atoms. The number of ether oxygens (including phenoxy) is 6. The summed E-state index contributed by atoms with van der Waals surface area (Å²) < 4.78 is 36.2. The Morgan fingerprint density at radius 3 is 2.57 bits per heavy atom. The highest BCUT2D eigenvalue weighted by Crippen LogP contribution is 2.53. The second-order valence-electron chi connectivity index (χ2n) is 16.2. The Balaban J connectivity index is 1.10. The van der Waals surface area contributed by atoms with Gasteiger partial charge in [-0.3, -0.25) is 19.3 Å². The molecule has 1 aromatic heterocycles. The molecule has 1 amide bonds. The normalized spacial score (nSPS) is 28.6. The van der Waals surface area contributed by atoms with E-state index in [9.17, 15) is 34.6 Å². The molecule has 0 saturated carbocycles. The van der Waals surface area contributed by atoms with Crippen molar-refractivity contribution in [2.75, 3.05) is 41.0 Å². The number of carbonyl (C=O) groups is 3. The Bertz CT molecular complexity index is 2240. The molecule has 0 unspecified atom stereocenters. The van der Waals surface area contributed by atoms with Crippen molar-refractivity contribution in [1.82, 2.24) is 15.2 Å². The van der Waals surface area contributed by atoms with Crippen molar-refractivity contribution in [3.05, 3.63) is 74.8 Å². The third-order valence-corrected chi connectivity index (χ3v) is 14.9. The van der Waals surface area contributed by atoms with E-state index in [0.717, 1.165) is 0 Å². The fourth-order valence-corrected chi connectivity index (χ4v) is 10.8. The largest absolute Gasteiger partial charge is 0.507 e. The lowest BCUT2D eigenvalue weighted by Crippen LogP contribution is -2.56. The number of phenolic OH excluding ortho intramolecular Hbond substituents is 2. The van der Waals surface area contributed by atoms with Crippen molar-refractivity contribution in [3.8, 4) is 17.2 Å². The number of nitrogens with zero attached hydrogens (tertiary/aromatic N) is 3. The van der Waals surface area contributed by atoms with Crippen LogP contribution in [0.1, 0.15) is 82.7 Å². The van der Waals surface area contributed by atoms with Gasteiger partial charge in [0.15, 0.2) is 31.6 Å². The van der Waals surface area contributed by atoms with Crippen molar-refractivity contribution >= 4 is 44.7 Å². The Hall–Kier alpha value is -4.18. The Kier molecular flexibility index (Phi) is 11.5. The van der Waals surface area contributed by atoms with Gasteiger partial charge in [0.1, 0.15) is 40.2 Å². The number of aromatic hydroxyl groups is 2. The molecular formula is C41H47N4O13S2+. The number of morpholine rings is 1. The zero-order valence-electron chi connectivity index (χ0n) is 33.8. The lowest BCUT2D eigenvalue weighted by Gasteiger charge is -2.43. The van der Waals surface area contributed by atoms with E-state index in [-0.39, 0.29) is 53.1 Å². The summed E-state index contributed by atoms with van der Waals surface area (Å²) in [5.41, 5.74) is -2.94. The smallest absolute Gasteiger partial charge is 0.273 e. The zero-order chi connectivity index (χ0) is 42.8. The summed E-state index contributed by atoms with van der Waals surface area (Å²) in [5, 5.41) is 39.9. The van der Waals surface area contributed by atoms with Gasteiger partial charge >= 0.3 is 0 Å². The van der Waals surface area contributed by atoms with Crippen molar-refractivity contribution in [2.24, 2.45) is 0 Å². The van der Waals surface area contributed by atoms with Gasteiger partial charge in [-0.15, -0.1) is 0 Å². The number of nitrogens with one attached hydrogen (secondary N) is 1. The van der Waals surface area contributed by atoms with E-state index in [1.54, 1.807) is 19.2 Å². The number of aliphatic hydroxyl groups is 1. The van der Waals surface area contributed by atoms with Gasteiger partial charge in [-0.25, -0.2) is 4.98 Å². The van der Waals surface area contributed by atoms with Gasteiger partial charge in [0.05, 0.1) is 42.6 Å². The number of pyridine rings is 1. The Labute approximate surface area is 353 Å². The van der Waals surface area contributed by atoms with Crippen LogP contribution >= 0.6 is 21.6 Å². The first-order valence-corrected chi connectivity index (χ1v) is 21.7. The number of hydrogen-bond acceptors (Lipinski definition) is 17. The van der Waals surface area contributed by atoms with Crippen LogP contribution in [0.25, 0.3) is 0 Å². The molecule has 2 aromatic carbocycles. The molecule has 60 heavy (non-hydrogen) atoms. The van der Waals surface area contributed by atoms with Crippen LogP contribution in [0, 0.1) is 4.91 Å². The quantitative estimate of drug-likeness (QED) is 0.0955. The van der Waals surface area contributed by atoms with Gasteiger partial charge in [-0.2, -0.15) is 0 Å². The summed E-state index contributed by atoms with van der Waals surface area (Å²) in [6.45, 7) is 6.71. The van der Waals surface area contributed by atoms with E-state index in [1.807, 2.05) is 20.8 Å². The first-order valence-electron chi connectivity index (χ1n) is 19.5. The number of aromatic nitrogens is 1. The summed E-state index contributed by atoms with van der Waals surface area (Å²) in [4.78, 5) is 60.5. The van der Waals surface area contributed by atoms with Crippen LogP contribution < -0.4 is 10.1 Å². The molecule has 19 heteroatoms. The summed E-state index contributed by atoms with van der Waals surface area (Å²) in [6, 6.07) is 7.67. The van der Waals surface area contributed by atoms with Gasteiger partial charge < -0.3 is 49.1 Å². The number of phenols is 2. The molecule has 3 saturated heterocycles. The molecule has 5 aliphatic rings. The topological polar surface area (TPSA) is 216 Å². The minimum Gasteiger partial charge on any atom is -0.507 e. The van der Waals surface area contributed by atoms with Crippen molar-refractivity contribution in [2.45, 2.75) is 98.6 Å². The Morgan fingerprint density at radius 2 is 1.87 bits per heavy atom. The van der Waals surface area contributed by atoms with Crippen molar-refractivity contribution in [1.29, 1.82) is 0 Å². The molecule has 320 valence electrons. The highest BCUT2D eigenvalue weighted by Gasteiger charge is 2.55. The maximum atomic E-state index is 14.2. The Morgan fingerprint density at radius 1 is 1.10 bits per heavy atom. The van der Waals surface area contributed by atoms with E-state index in [1.165, 1.54) is 60.1 Å². The highest BCUT2D eigenvalue weighted by molar-refractivity contribution is 8.77. The summed E-state index contributed by atoms with van der Waals surface area (Å²) in [6.07, 6.45) is -3.38. The average Bonchev–Trinajstić information content (AvgIpc) is 3.61. The molecule has 4 heterocycles. The van der Waals surface area contributed by atoms with Gasteiger partial charge in [-0.1, -0.05) is 22.9 Å². The number of rotatable bonds is 11. The van der Waals surface area contributed by atoms with Crippen molar-refractivity contribution < 1.29 is 62.9 Å². The molecule has 8 atom stereocenters. The number of fused-ring (bicyclic) bond motifs is 6. The molecular weight excluding hydrogens is 821 g/mol. The molecule has 0 bridgehead atoms. The second-order valence-corrected chi connectivity index (χ2v) is 19.0. The number of hydrogen-bond donors (Lipinski definition) is 4. The third kappa shape index (κ3) is 7.47. The molecule has 3 aliphatic heterocycles. The number of carbonyl (C=O) groups excluding carboxylic acids is 3. The SMILES string of the molecule is COc1cccc2c1C(=O)c1c(O)c3c(c(O)c1C2=O)C[C@@](O)(C(=O)NCC(C)(C)SSc1ccc([N+](C)=O)cn1)C[C@@H]3O[C@H]1C[C@H]2[C@H](O[C@@H]3[C@@H](OC)OCCN32)[C@H](C)O1. The van der Waals surface area contributed by atoms with E-state index < -0.39 is 94.3 Å². The standard InChI is InChI=1S/C41H46N4O13S2/c1-19-36-23(45-12-13-55-38(54-6)37(45)58-36)14-27(56-19)57-25-16-41(51,39(50)43-18-40(2,3)60-59-26-11-10-20(17-42-26)44(4)52)15-22-29(25)35(49)31-30(33(22)47)32(46)21-8-7-9-24(53-5)28(21)34(31)48/h7-11,17,19,23,25,27,36-38,51H,12-16,18H2,1-6H3,(H2-,43,46,47,48,49,50)/p+1/t19-,23-,25-,27-,36+,37+,38-,41-/m0/s1. The van der Waals surface area contributed by atoms with Crippen LogP contribution in [0.5, 0.6) is 17.2 Å². The predicted molar refractivity (Wildman–Crippen MR) is 216 cm³/mol. The lowest BCUT2D eigenvalue weighted by atomic mass is 9.72. The number of nitroso groups, excluding NO2 is 1. The van der Waals surface area contributed by atoms with Crippen molar-refractivity contribution in [3.63, 3.8) is 0 Å². The maximum absolute atomic E-state index is 14.2. The molecule has 2 aliphatic carbocycles. The molecule has 3 aromatic rings. The van der Waals surface area contributed by atoms with Gasteiger partial charge in [0.25, 0.3) is 11.6 Å². The van der Waals surface area contributed by atoms with E-state index in [4.69, 9.17) is 28.4 Å². The number of ketones is 2. The number of benzene rings is 2. The monoisotopic (exact) mass is 867 g/mol. The zero-order valence-corrected chi connectivity index (χ0v) is 35.5. The van der Waals surface area contributed by atoms with Crippen LogP contribution in [0.2, 0.25) is 0 Å². The fourth-order valence-electron chi connectivity index (χ4n) is 8.75. The highest BCUT2D eigenvalue weighted by atomic mass is 33.1. The minimum absolute atomic E-state index is 0.0327. The number of methoxy groups -OCH3 is 2. The summed E-state index contributed by atoms with van der Waals surface area (Å²) >= 11 is 0. The van der Waals surface area contributed by atoms with E-state index >= 15 is 0 Å². The van der Waals surface area contributed by atoms with Crippen LogP contribution in [0.3, 0.4) is 0 Å². The van der Waals surface area contributed by atoms with Crippen LogP contribution in [0.4, 0.5) is 5.69 Å². The second kappa shape index (κ2) is 16.3. The first-order chi connectivity index (χ1) is 28.6. The van der Waals surface area contributed by atoms with Gasteiger partial charge in [-0.05, 0) is 43.7 Å². The van der Waals surface area contributed by atoms with Gasteiger partial charge in [0.2, 0.25) is 5.78 Å². The van der Waals surface area contributed by atoms with Crippen LogP contribution in [-0.4, -0.2) is 136 Å². The maximum Gasteiger partial charge on any atom is 0.273 e. The molecule has 4 N–H and O–H groups in total. The first kappa shape index (κ1) is 42.5. The van der Waals surface area contributed by atoms with Crippen LogP contribution in [-0.2, 0) is 34.9 Å². The molecule has 3 fully saturated rings. The lowest BCUT2D eigenvalue weighted by molar-refractivity contribution is -0.428.